The molecule has 3 rings (SSSR count). The molecule has 2 aromatic rings. The first kappa shape index (κ1) is 24.2. The Kier molecular flexibility index (Phi) is 8.26. The number of hydrogen-bond donors (Lipinski definition) is 1. The summed E-state index contributed by atoms with van der Waals surface area (Å²) in [4.78, 5) is 13.8. The maximum atomic E-state index is 13.6. The van der Waals surface area contributed by atoms with Gasteiger partial charge in [-0.15, -0.1) is 0 Å². The Morgan fingerprint density at radius 2 is 2.00 bits per heavy atom. The average Bonchev–Trinajstić information content (AvgIpc) is 2.75. The molecule has 1 aliphatic rings. The van der Waals surface area contributed by atoms with Crippen molar-refractivity contribution in [3.63, 3.8) is 0 Å². The minimum absolute atomic E-state index is 0.0842. The number of likely N-dealkylation sites (tertiary alicyclic amines) is 1. The van der Waals surface area contributed by atoms with Gasteiger partial charge in [0.25, 0.3) is 0 Å². The van der Waals surface area contributed by atoms with Crippen molar-refractivity contribution in [2.45, 2.75) is 38.0 Å². The van der Waals surface area contributed by atoms with Crippen molar-refractivity contribution < 1.29 is 27.4 Å². The molecule has 174 valence electrons. The number of anilines is 1. The van der Waals surface area contributed by atoms with Gasteiger partial charge in [-0.25, -0.2) is 4.79 Å². The molecule has 0 spiro atoms. The quantitative estimate of drug-likeness (QED) is 0.531. The number of amides is 1. The van der Waals surface area contributed by atoms with E-state index in [1.807, 2.05) is 31.2 Å². The molecular formula is C23H26ClF3N2O3. The minimum atomic E-state index is -4.68. The van der Waals surface area contributed by atoms with Gasteiger partial charge in [0.05, 0.1) is 6.61 Å². The molecule has 5 nitrogen and oxygen atoms in total. The number of carbonyl (C=O) groups excluding carboxylic acids is 1. The highest BCUT2D eigenvalue weighted by Crippen LogP contribution is 2.31. The Morgan fingerprint density at radius 1 is 1.25 bits per heavy atom. The van der Waals surface area contributed by atoms with E-state index < -0.39 is 24.9 Å². The van der Waals surface area contributed by atoms with Gasteiger partial charge in [0, 0.05) is 23.8 Å². The van der Waals surface area contributed by atoms with Crippen molar-refractivity contribution in [3.8, 4) is 5.75 Å². The number of benzene rings is 2. The molecule has 1 fully saturated rings. The van der Waals surface area contributed by atoms with Gasteiger partial charge in [-0.05, 0) is 74.2 Å². The average molecular weight is 471 g/mol. The Hall–Kier alpha value is -2.45. The second-order valence-electron chi connectivity index (χ2n) is 7.67. The lowest BCUT2D eigenvalue weighted by molar-refractivity contribution is -0.207. The van der Waals surface area contributed by atoms with Crippen LogP contribution in [0.2, 0.25) is 5.02 Å². The molecule has 0 bridgehead atoms. The van der Waals surface area contributed by atoms with Gasteiger partial charge in [0.15, 0.2) is 0 Å². The molecule has 0 aliphatic carbocycles. The fraction of sp³-hybridized carbons (Fsp3) is 0.435. The van der Waals surface area contributed by atoms with Gasteiger partial charge in [0.1, 0.15) is 5.75 Å². The molecular weight excluding hydrogens is 445 g/mol. The Balaban J connectivity index is 1.62. The third-order valence-electron chi connectivity index (χ3n) is 5.28. The van der Waals surface area contributed by atoms with Crippen molar-refractivity contribution >= 4 is 23.4 Å². The zero-order chi connectivity index (χ0) is 23.1. The van der Waals surface area contributed by atoms with E-state index in [0.29, 0.717) is 30.4 Å². The van der Waals surface area contributed by atoms with Crippen LogP contribution in [0.15, 0.2) is 48.5 Å². The van der Waals surface area contributed by atoms with Crippen molar-refractivity contribution in [1.29, 1.82) is 0 Å². The van der Waals surface area contributed by atoms with Gasteiger partial charge in [-0.3, -0.25) is 10.2 Å². The lowest BCUT2D eigenvalue weighted by atomic mass is 9.90. The topological polar surface area (TPSA) is 50.8 Å². The van der Waals surface area contributed by atoms with E-state index in [1.165, 1.54) is 24.3 Å². The lowest BCUT2D eigenvalue weighted by Gasteiger charge is -2.35. The number of nitrogens with zero attached hydrogens (tertiary/aromatic N) is 1. The van der Waals surface area contributed by atoms with Crippen LogP contribution >= 0.6 is 11.6 Å². The number of ether oxygens (including phenoxy) is 2. The van der Waals surface area contributed by atoms with Crippen molar-refractivity contribution in [2.24, 2.45) is 0 Å². The smallest absolute Gasteiger partial charge is 0.426 e. The van der Waals surface area contributed by atoms with Gasteiger partial charge in [-0.2, -0.15) is 13.2 Å². The third-order valence-corrected chi connectivity index (χ3v) is 5.53. The monoisotopic (exact) mass is 470 g/mol. The molecule has 1 heterocycles. The van der Waals surface area contributed by atoms with E-state index in [0.717, 1.165) is 24.2 Å². The third kappa shape index (κ3) is 7.03. The summed E-state index contributed by atoms with van der Waals surface area (Å²) < 4.78 is 51.2. The van der Waals surface area contributed by atoms with Crippen LogP contribution in [0.25, 0.3) is 0 Å². The molecule has 1 aliphatic heterocycles. The Morgan fingerprint density at radius 3 is 2.69 bits per heavy atom. The fourth-order valence-electron chi connectivity index (χ4n) is 3.77. The molecule has 2 atom stereocenters. The fourth-order valence-corrected chi connectivity index (χ4v) is 3.90. The summed E-state index contributed by atoms with van der Waals surface area (Å²) in [7, 11) is 0. The van der Waals surface area contributed by atoms with Gasteiger partial charge >= 0.3 is 12.3 Å². The summed E-state index contributed by atoms with van der Waals surface area (Å²) in [6.45, 7) is 2.98. The highest BCUT2D eigenvalue weighted by molar-refractivity contribution is 6.30. The summed E-state index contributed by atoms with van der Waals surface area (Å²) in [5.41, 5.74) is 1.33. The van der Waals surface area contributed by atoms with Gasteiger partial charge in [0.2, 0.25) is 6.10 Å². The number of rotatable bonds is 7. The van der Waals surface area contributed by atoms with Crippen LogP contribution < -0.4 is 10.1 Å². The van der Waals surface area contributed by atoms with Crippen LogP contribution in [-0.2, 0) is 4.74 Å². The van der Waals surface area contributed by atoms with E-state index in [-0.39, 0.29) is 5.92 Å². The number of alkyl halides is 3. The lowest BCUT2D eigenvalue weighted by Crippen LogP contribution is -2.47. The first-order chi connectivity index (χ1) is 15.2. The predicted octanol–water partition coefficient (Wildman–Crippen LogP) is 6.10. The predicted molar refractivity (Wildman–Crippen MR) is 117 cm³/mol. The zero-order valence-corrected chi connectivity index (χ0v) is 18.5. The molecule has 0 saturated carbocycles. The number of nitrogens with one attached hydrogen (secondary N) is 1. The summed E-state index contributed by atoms with van der Waals surface area (Å²) in [6.07, 6.45) is -6.44. The van der Waals surface area contributed by atoms with E-state index in [1.54, 1.807) is 4.90 Å². The number of carbonyl (C=O) groups is 1. The molecule has 0 aromatic heterocycles. The van der Waals surface area contributed by atoms with Crippen molar-refractivity contribution in [2.75, 3.05) is 31.6 Å². The summed E-state index contributed by atoms with van der Waals surface area (Å²) in [6, 6.07) is 13.7. The summed E-state index contributed by atoms with van der Waals surface area (Å²) in [5, 5.41) is 2.76. The first-order valence-corrected chi connectivity index (χ1v) is 10.9. The van der Waals surface area contributed by atoms with E-state index in [9.17, 15) is 18.0 Å². The molecule has 32 heavy (non-hydrogen) atoms. The maximum absolute atomic E-state index is 13.6. The molecule has 9 heteroatoms. The summed E-state index contributed by atoms with van der Waals surface area (Å²) >= 11 is 5.78. The normalized spacial score (nSPS) is 18.1. The molecule has 1 saturated heterocycles. The number of hydrogen-bond acceptors (Lipinski definition) is 4. The van der Waals surface area contributed by atoms with Crippen LogP contribution in [-0.4, -0.2) is 49.5 Å². The molecule has 1 N–H and O–H groups in total. The molecule has 2 aromatic carbocycles. The first-order valence-electron chi connectivity index (χ1n) is 10.5. The SMILES string of the molecule is CCOc1cccc(C2CCCN(CC(OC(=O)Nc3ccc(Cl)cc3)C(F)(F)F)C2)c1. The standard InChI is InChI=1S/C23H26ClF3N2O3/c1-2-31-20-7-3-5-16(13-20)17-6-4-12-29(14-17)15-21(23(25,26)27)32-22(30)28-19-10-8-18(24)9-11-19/h3,5,7-11,13,17,21H,2,4,6,12,14-15H2,1H3,(H,28,30). The molecule has 2 unspecified atom stereocenters. The van der Waals surface area contributed by atoms with E-state index in [4.69, 9.17) is 21.1 Å². The molecule has 0 radical (unpaired) electrons. The van der Waals surface area contributed by atoms with Crippen molar-refractivity contribution in [3.05, 3.63) is 59.1 Å². The Bertz CT molecular complexity index is 893. The summed E-state index contributed by atoms with van der Waals surface area (Å²) in [5.74, 6) is 0.832. The number of halogens is 4. The van der Waals surface area contributed by atoms with Crippen LogP contribution in [0.5, 0.6) is 5.75 Å². The van der Waals surface area contributed by atoms with E-state index >= 15 is 0 Å². The van der Waals surface area contributed by atoms with Crippen molar-refractivity contribution in [1.82, 2.24) is 4.90 Å². The highest BCUT2D eigenvalue weighted by atomic mass is 35.5. The van der Waals surface area contributed by atoms with Crippen LogP contribution in [0.4, 0.5) is 23.7 Å². The minimum Gasteiger partial charge on any atom is -0.494 e. The second kappa shape index (κ2) is 10.9. The Labute approximate surface area is 190 Å². The maximum Gasteiger partial charge on any atom is 0.426 e. The zero-order valence-electron chi connectivity index (χ0n) is 17.7. The van der Waals surface area contributed by atoms with E-state index in [2.05, 4.69) is 5.32 Å². The second-order valence-corrected chi connectivity index (χ2v) is 8.11. The van der Waals surface area contributed by atoms with Crippen LogP contribution in [0, 0.1) is 0 Å². The van der Waals surface area contributed by atoms with Crippen LogP contribution in [0.3, 0.4) is 0 Å². The highest BCUT2D eigenvalue weighted by Gasteiger charge is 2.44. The number of piperidine rings is 1. The largest absolute Gasteiger partial charge is 0.494 e. The van der Waals surface area contributed by atoms with Crippen LogP contribution in [0.1, 0.15) is 31.2 Å². The van der Waals surface area contributed by atoms with Gasteiger partial charge < -0.3 is 9.47 Å². The van der Waals surface area contributed by atoms with Gasteiger partial charge in [-0.1, -0.05) is 23.7 Å². The molecule has 1 amide bonds.